The second-order valence-corrected chi connectivity index (χ2v) is 6.13. The molecule has 4 rings (SSSR count). The van der Waals surface area contributed by atoms with Crippen LogP contribution in [0, 0.1) is 6.92 Å². The molecule has 2 heterocycles. The lowest BCUT2D eigenvalue weighted by molar-refractivity contribution is 0.0948. The van der Waals surface area contributed by atoms with Crippen LogP contribution in [0.4, 0.5) is 0 Å². The monoisotopic (exact) mass is 325 g/mol. The minimum Gasteiger partial charge on any atom is -0.497 e. The summed E-state index contributed by atoms with van der Waals surface area (Å²) < 4.78 is 5.21. The third kappa shape index (κ3) is 2.62. The highest BCUT2D eigenvalue weighted by Gasteiger charge is 2.31. The number of nitrogens with zero attached hydrogens (tertiary/aromatic N) is 2. The number of aromatic amines is 2. The van der Waals surface area contributed by atoms with Gasteiger partial charge in [-0.1, -0.05) is 0 Å². The normalized spacial score (nSPS) is 14.1. The number of imidazole rings is 1. The molecule has 124 valence electrons. The van der Waals surface area contributed by atoms with Gasteiger partial charge in [-0.05, 0) is 31.9 Å². The Hall–Kier alpha value is -2.83. The lowest BCUT2D eigenvalue weighted by Crippen LogP contribution is -2.24. The number of hydrogen-bond donors (Lipinski definition) is 3. The molecule has 1 aliphatic carbocycles. The summed E-state index contributed by atoms with van der Waals surface area (Å²) in [5.74, 6) is 1.79. The molecule has 3 aromatic rings. The van der Waals surface area contributed by atoms with E-state index in [1.807, 2.05) is 25.1 Å². The first-order chi connectivity index (χ1) is 11.7. The summed E-state index contributed by atoms with van der Waals surface area (Å²) in [7, 11) is 1.63. The number of carbonyl (C=O) groups excluding carboxylic acids is 1. The molecule has 0 unspecified atom stereocenters. The van der Waals surface area contributed by atoms with Crippen molar-refractivity contribution >= 4 is 16.9 Å². The summed E-state index contributed by atoms with van der Waals surface area (Å²) in [5.41, 5.74) is 4.10. The van der Waals surface area contributed by atoms with Gasteiger partial charge in [0.15, 0.2) is 0 Å². The number of benzene rings is 1. The number of aryl methyl sites for hydroxylation is 1. The molecule has 1 saturated carbocycles. The third-order valence-electron chi connectivity index (χ3n) is 4.32. The van der Waals surface area contributed by atoms with Crippen LogP contribution in [-0.4, -0.2) is 33.2 Å². The van der Waals surface area contributed by atoms with Crippen molar-refractivity contribution in [2.75, 3.05) is 7.11 Å². The van der Waals surface area contributed by atoms with Gasteiger partial charge in [0.2, 0.25) is 0 Å². The fraction of sp³-hybridized carbons (Fsp3) is 0.353. The topological polar surface area (TPSA) is 95.7 Å². The van der Waals surface area contributed by atoms with Gasteiger partial charge in [-0.2, -0.15) is 5.10 Å². The molecule has 3 N–H and O–H groups in total. The van der Waals surface area contributed by atoms with E-state index in [9.17, 15) is 4.79 Å². The van der Waals surface area contributed by atoms with Crippen molar-refractivity contribution in [3.05, 3.63) is 41.0 Å². The Bertz CT molecular complexity index is 907. The van der Waals surface area contributed by atoms with E-state index in [0.717, 1.165) is 41.0 Å². The Morgan fingerprint density at radius 3 is 3.00 bits per heavy atom. The van der Waals surface area contributed by atoms with E-state index < -0.39 is 0 Å². The van der Waals surface area contributed by atoms with E-state index in [1.165, 1.54) is 0 Å². The number of ether oxygens (including phenoxy) is 1. The molecule has 7 nitrogen and oxygen atoms in total. The van der Waals surface area contributed by atoms with Gasteiger partial charge in [0.1, 0.15) is 11.6 Å². The Morgan fingerprint density at radius 1 is 1.42 bits per heavy atom. The van der Waals surface area contributed by atoms with Gasteiger partial charge in [-0.25, -0.2) is 4.98 Å². The molecular formula is C17H19N5O2. The Labute approximate surface area is 138 Å². The average molecular weight is 325 g/mol. The fourth-order valence-corrected chi connectivity index (χ4v) is 2.89. The SMILES string of the molecule is COc1ccc2nc(CNC(=O)c3c(C4CC4)n[nH]c3C)[nH]c2c1. The van der Waals surface area contributed by atoms with E-state index >= 15 is 0 Å². The van der Waals surface area contributed by atoms with Crippen LogP contribution in [0.3, 0.4) is 0 Å². The third-order valence-corrected chi connectivity index (χ3v) is 4.32. The van der Waals surface area contributed by atoms with Gasteiger partial charge in [0.05, 0.1) is 35.9 Å². The van der Waals surface area contributed by atoms with Crippen molar-refractivity contribution in [2.45, 2.75) is 32.2 Å². The summed E-state index contributed by atoms with van der Waals surface area (Å²) in [6.45, 7) is 2.21. The van der Waals surface area contributed by atoms with Crippen LogP contribution in [0.1, 0.15) is 46.3 Å². The highest BCUT2D eigenvalue weighted by atomic mass is 16.5. The standard InChI is InChI=1S/C17H19N5O2/c1-9-15(16(22-21-9)10-3-4-10)17(23)18-8-14-19-12-6-5-11(24-2)7-13(12)20-14/h5-7,10H,3-4,8H2,1-2H3,(H,18,23)(H,19,20)(H,21,22). The van der Waals surface area contributed by atoms with Crippen molar-refractivity contribution in [1.82, 2.24) is 25.5 Å². The number of nitrogens with one attached hydrogen (secondary N) is 3. The highest BCUT2D eigenvalue weighted by molar-refractivity contribution is 5.96. The Kier molecular flexibility index (Phi) is 3.48. The van der Waals surface area contributed by atoms with Gasteiger partial charge >= 0.3 is 0 Å². The smallest absolute Gasteiger partial charge is 0.255 e. The lowest BCUT2D eigenvalue weighted by Gasteiger charge is -2.04. The summed E-state index contributed by atoms with van der Waals surface area (Å²) in [4.78, 5) is 20.2. The predicted octanol–water partition coefficient (Wildman–Crippen LogP) is 2.41. The summed E-state index contributed by atoms with van der Waals surface area (Å²) >= 11 is 0. The number of rotatable bonds is 5. The van der Waals surface area contributed by atoms with Crippen LogP contribution in [0.2, 0.25) is 0 Å². The minimum atomic E-state index is -0.110. The van der Waals surface area contributed by atoms with Gasteiger partial charge in [-0.15, -0.1) is 0 Å². The first kappa shape index (κ1) is 14.7. The van der Waals surface area contributed by atoms with Crippen LogP contribution in [0.15, 0.2) is 18.2 Å². The first-order valence-electron chi connectivity index (χ1n) is 8.01. The van der Waals surface area contributed by atoms with Crippen molar-refractivity contribution in [3.63, 3.8) is 0 Å². The molecule has 1 fully saturated rings. The van der Waals surface area contributed by atoms with Gasteiger partial charge < -0.3 is 15.0 Å². The van der Waals surface area contributed by atoms with E-state index in [4.69, 9.17) is 4.74 Å². The Balaban J connectivity index is 1.50. The van der Waals surface area contributed by atoms with E-state index in [1.54, 1.807) is 7.11 Å². The number of aromatic nitrogens is 4. The number of amides is 1. The van der Waals surface area contributed by atoms with E-state index in [0.29, 0.717) is 23.9 Å². The van der Waals surface area contributed by atoms with Crippen molar-refractivity contribution in [3.8, 4) is 5.75 Å². The minimum absolute atomic E-state index is 0.110. The molecule has 2 aromatic heterocycles. The maximum absolute atomic E-state index is 12.5. The molecule has 0 bridgehead atoms. The maximum atomic E-state index is 12.5. The molecule has 0 aliphatic heterocycles. The van der Waals surface area contributed by atoms with Crippen LogP contribution in [-0.2, 0) is 6.54 Å². The van der Waals surface area contributed by atoms with E-state index in [-0.39, 0.29) is 5.91 Å². The molecule has 0 radical (unpaired) electrons. The van der Waals surface area contributed by atoms with Gasteiger partial charge in [-0.3, -0.25) is 9.89 Å². The summed E-state index contributed by atoms with van der Waals surface area (Å²) in [5, 5.41) is 10.1. The summed E-state index contributed by atoms with van der Waals surface area (Å²) in [6, 6.07) is 5.64. The van der Waals surface area contributed by atoms with Crippen LogP contribution in [0.25, 0.3) is 11.0 Å². The van der Waals surface area contributed by atoms with Crippen molar-refractivity contribution < 1.29 is 9.53 Å². The predicted molar refractivity (Wildman–Crippen MR) is 89.1 cm³/mol. The second kappa shape index (κ2) is 5.67. The molecule has 24 heavy (non-hydrogen) atoms. The maximum Gasteiger partial charge on any atom is 0.255 e. The summed E-state index contributed by atoms with van der Waals surface area (Å²) in [6.07, 6.45) is 2.21. The Morgan fingerprint density at radius 2 is 2.25 bits per heavy atom. The first-order valence-corrected chi connectivity index (χ1v) is 8.01. The van der Waals surface area contributed by atoms with E-state index in [2.05, 4.69) is 25.5 Å². The number of hydrogen-bond acceptors (Lipinski definition) is 4. The number of methoxy groups -OCH3 is 1. The van der Waals surface area contributed by atoms with Crippen molar-refractivity contribution in [2.24, 2.45) is 0 Å². The lowest BCUT2D eigenvalue weighted by atomic mass is 10.1. The van der Waals surface area contributed by atoms with Crippen LogP contribution in [0.5, 0.6) is 5.75 Å². The molecule has 0 spiro atoms. The molecule has 1 aliphatic rings. The number of H-pyrrole nitrogens is 2. The molecule has 7 heteroatoms. The van der Waals surface area contributed by atoms with Crippen LogP contribution < -0.4 is 10.1 Å². The molecule has 1 aromatic carbocycles. The van der Waals surface area contributed by atoms with Crippen LogP contribution >= 0.6 is 0 Å². The average Bonchev–Trinajstić information content (AvgIpc) is 3.23. The number of carbonyl (C=O) groups is 1. The molecule has 0 saturated heterocycles. The zero-order chi connectivity index (χ0) is 16.7. The fourth-order valence-electron chi connectivity index (χ4n) is 2.89. The molecule has 1 amide bonds. The van der Waals surface area contributed by atoms with Crippen molar-refractivity contribution in [1.29, 1.82) is 0 Å². The molecular weight excluding hydrogens is 306 g/mol. The zero-order valence-corrected chi connectivity index (χ0v) is 13.6. The van der Waals surface area contributed by atoms with Gasteiger partial charge in [0.25, 0.3) is 5.91 Å². The second-order valence-electron chi connectivity index (χ2n) is 6.13. The highest BCUT2D eigenvalue weighted by Crippen LogP contribution is 2.41. The zero-order valence-electron chi connectivity index (χ0n) is 13.6. The number of fused-ring (bicyclic) bond motifs is 1. The quantitative estimate of drug-likeness (QED) is 0.671. The van der Waals surface area contributed by atoms with Gasteiger partial charge in [0, 0.05) is 17.7 Å². The largest absolute Gasteiger partial charge is 0.497 e. The molecule has 0 atom stereocenters.